The van der Waals surface area contributed by atoms with E-state index in [1.165, 1.54) is 37.9 Å². The van der Waals surface area contributed by atoms with Crippen molar-refractivity contribution in [1.29, 1.82) is 0 Å². The zero-order valence-corrected chi connectivity index (χ0v) is 15.0. The number of likely N-dealkylation sites (tertiary alicyclic amines) is 1. The molecule has 1 heterocycles. The smallest absolute Gasteiger partial charge is 0.251 e. The molecule has 1 aliphatic heterocycles. The highest BCUT2D eigenvalue weighted by molar-refractivity contribution is 5.94. The zero-order chi connectivity index (χ0) is 17.9. The van der Waals surface area contributed by atoms with Crippen molar-refractivity contribution in [2.75, 3.05) is 13.1 Å². The van der Waals surface area contributed by atoms with E-state index in [9.17, 15) is 9.90 Å². The summed E-state index contributed by atoms with van der Waals surface area (Å²) in [4.78, 5) is 15.1. The molecule has 0 aromatic heterocycles. The van der Waals surface area contributed by atoms with Gasteiger partial charge in [-0.25, -0.2) is 0 Å². The van der Waals surface area contributed by atoms with E-state index in [-0.39, 0.29) is 11.9 Å². The molecule has 26 heavy (non-hydrogen) atoms. The van der Waals surface area contributed by atoms with Crippen LogP contribution in [0.2, 0.25) is 0 Å². The minimum Gasteiger partial charge on any atom is -0.390 e. The summed E-state index contributed by atoms with van der Waals surface area (Å²) in [7, 11) is 0. The van der Waals surface area contributed by atoms with Crippen LogP contribution in [-0.2, 0) is 13.0 Å². The molecule has 4 heteroatoms. The fourth-order valence-corrected chi connectivity index (χ4v) is 4.11. The number of carbonyl (C=O) groups is 1. The van der Waals surface area contributed by atoms with Crippen LogP contribution in [0.25, 0.3) is 0 Å². The number of benzene rings is 2. The average molecular weight is 350 g/mol. The van der Waals surface area contributed by atoms with Gasteiger partial charge >= 0.3 is 0 Å². The first-order valence-corrected chi connectivity index (χ1v) is 9.59. The Bertz CT molecular complexity index is 766. The fraction of sp³-hybridized carbons (Fsp3) is 0.409. The van der Waals surface area contributed by atoms with Crippen molar-refractivity contribution < 1.29 is 9.90 Å². The first kappa shape index (κ1) is 17.3. The van der Waals surface area contributed by atoms with Gasteiger partial charge in [-0.1, -0.05) is 42.8 Å². The topological polar surface area (TPSA) is 52.6 Å². The predicted molar refractivity (Wildman–Crippen MR) is 102 cm³/mol. The summed E-state index contributed by atoms with van der Waals surface area (Å²) in [5.41, 5.74) is 4.02. The summed E-state index contributed by atoms with van der Waals surface area (Å²) >= 11 is 0. The van der Waals surface area contributed by atoms with Gasteiger partial charge in [0.1, 0.15) is 0 Å². The standard InChI is InChI=1S/C22H26N2O2/c25-20-14-18-6-2-3-7-19(18)21(20)23-22(26)17-10-8-16(9-11-17)15-24-12-4-1-5-13-24/h2-3,6-11,20-21,25H,1,4-5,12-15H2,(H,23,26)/t20-,21+/m0/s1. The van der Waals surface area contributed by atoms with Crippen LogP contribution in [-0.4, -0.2) is 35.1 Å². The second-order valence-corrected chi connectivity index (χ2v) is 7.46. The molecule has 1 saturated heterocycles. The third-order valence-corrected chi connectivity index (χ3v) is 5.56. The normalized spacial score (nSPS) is 22.8. The minimum atomic E-state index is -0.560. The van der Waals surface area contributed by atoms with E-state index in [0.29, 0.717) is 12.0 Å². The average Bonchev–Trinajstić information content (AvgIpc) is 2.98. The van der Waals surface area contributed by atoms with Crippen LogP contribution in [0.4, 0.5) is 0 Å². The lowest BCUT2D eigenvalue weighted by Gasteiger charge is -2.26. The van der Waals surface area contributed by atoms with Crippen LogP contribution in [0, 0.1) is 0 Å². The number of aliphatic hydroxyl groups is 1. The fourth-order valence-electron chi connectivity index (χ4n) is 4.11. The SMILES string of the molecule is O=C(N[C@@H]1c2ccccc2C[C@@H]1O)c1ccc(CN2CCCCC2)cc1. The van der Waals surface area contributed by atoms with Crippen LogP contribution in [0.5, 0.6) is 0 Å². The van der Waals surface area contributed by atoms with Gasteiger partial charge in [0.2, 0.25) is 0 Å². The van der Waals surface area contributed by atoms with E-state index in [1.807, 2.05) is 48.5 Å². The summed E-state index contributed by atoms with van der Waals surface area (Å²) in [5.74, 6) is -0.129. The number of amides is 1. The van der Waals surface area contributed by atoms with Gasteiger partial charge in [0.25, 0.3) is 5.91 Å². The van der Waals surface area contributed by atoms with E-state index in [1.54, 1.807) is 0 Å². The van der Waals surface area contributed by atoms with Crippen molar-refractivity contribution in [2.24, 2.45) is 0 Å². The molecular formula is C22H26N2O2. The molecule has 136 valence electrons. The van der Waals surface area contributed by atoms with Gasteiger partial charge in [0, 0.05) is 18.5 Å². The van der Waals surface area contributed by atoms with Gasteiger partial charge < -0.3 is 10.4 Å². The van der Waals surface area contributed by atoms with Crippen LogP contribution in [0.1, 0.15) is 52.4 Å². The quantitative estimate of drug-likeness (QED) is 0.891. The summed E-state index contributed by atoms with van der Waals surface area (Å²) in [6.07, 6.45) is 3.94. The number of hydrogen-bond acceptors (Lipinski definition) is 3. The maximum Gasteiger partial charge on any atom is 0.251 e. The van der Waals surface area contributed by atoms with E-state index in [0.717, 1.165) is 17.7 Å². The van der Waals surface area contributed by atoms with Gasteiger partial charge in [-0.05, 0) is 54.8 Å². The Morgan fingerprint density at radius 1 is 1.04 bits per heavy atom. The number of fused-ring (bicyclic) bond motifs is 1. The van der Waals surface area contributed by atoms with Crippen molar-refractivity contribution >= 4 is 5.91 Å². The summed E-state index contributed by atoms with van der Waals surface area (Å²) in [5, 5.41) is 13.3. The molecule has 2 aromatic carbocycles. The number of rotatable bonds is 4. The summed E-state index contributed by atoms with van der Waals surface area (Å²) < 4.78 is 0. The molecule has 1 amide bonds. The van der Waals surface area contributed by atoms with Gasteiger partial charge in [-0.3, -0.25) is 9.69 Å². The van der Waals surface area contributed by atoms with Crippen molar-refractivity contribution in [3.8, 4) is 0 Å². The highest BCUT2D eigenvalue weighted by atomic mass is 16.3. The first-order chi connectivity index (χ1) is 12.7. The van der Waals surface area contributed by atoms with Crippen molar-refractivity contribution in [3.05, 3.63) is 70.8 Å². The van der Waals surface area contributed by atoms with Crippen LogP contribution >= 0.6 is 0 Å². The Hall–Kier alpha value is -2.17. The Labute approximate surface area is 154 Å². The second-order valence-electron chi connectivity index (χ2n) is 7.46. The number of nitrogens with zero attached hydrogens (tertiary/aromatic N) is 1. The highest BCUT2D eigenvalue weighted by Gasteiger charge is 2.32. The molecule has 1 aliphatic carbocycles. The van der Waals surface area contributed by atoms with E-state index >= 15 is 0 Å². The second kappa shape index (κ2) is 7.60. The molecule has 1 fully saturated rings. The molecule has 4 nitrogen and oxygen atoms in total. The monoisotopic (exact) mass is 350 g/mol. The molecule has 0 bridgehead atoms. The van der Waals surface area contributed by atoms with Gasteiger partial charge in [-0.15, -0.1) is 0 Å². The third-order valence-electron chi connectivity index (χ3n) is 5.56. The number of carbonyl (C=O) groups excluding carboxylic acids is 1. The maximum atomic E-state index is 12.6. The van der Waals surface area contributed by atoms with Crippen LogP contribution in [0.15, 0.2) is 48.5 Å². The van der Waals surface area contributed by atoms with E-state index in [4.69, 9.17) is 0 Å². The molecule has 2 aromatic rings. The van der Waals surface area contributed by atoms with E-state index in [2.05, 4.69) is 10.2 Å². The third kappa shape index (κ3) is 3.67. The van der Waals surface area contributed by atoms with E-state index < -0.39 is 6.10 Å². The number of hydrogen-bond donors (Lipinski definition) is 2. The first-order valence-electron chi connectivity index (χ1n) is 9.59. The molecule has 4 rings (SSSR count). The maximum absolute atomic E-state index is 12.6. The minimum absolute atomic E-state index is 0.129. The molecule has 0 radical (unpaired) electrons. The predicted octanol–water partition coefficient (Wildman–Crippen LogP) is 3.06. The number of nitrogens with one attached hydrogen (secondary N) is 1. The lowest BCUT2D eigenvalue weighted by atomic mass is 10.1. The van der Waals surface area contributed by atoms with Crippen LogP contribution < -0.4 is 5.32 Å². The zero-order valence-electron chi connectivity index (χ0n) is 15.0. The summed E-state index contributed by atoms with van der Waals surface area (Å²) in [6.45, 7) is 3.29. The summed E-state index contributed by atoms with van der Waals surface area (Å²) in [6, 6.07) is 15.5. The number of piperidine rings is 1. The van der Waals surface area contributed by atoms with Crippen molar-refractivity contribution in [1.82, 2.24) is 10.2 Å². The molecule has 0 saturated carbocycles. The molecule has 2 atom stereocenters. The molecule has 2 aliphatic rings. The Morgan fingerprint density at radius 2 is 1.77 bits per heavy atom. The highest BCUT2D eigenvalue weighted by Crippen LogP contribution is 2.31. The lowest BCUT2D eigenvalue weighted by molar-refractivity contribution is 0.0858. The Balaban J connectivity index is 1.40. The molecule has 0 spiro atoms. The van der Waals surface area contributed by atoms with Crippen molar-refractivity contribution in [2.45, 2.75) is 44.4 Å². The Kier molecular flexibility index (Phi) is 5.05. The van der Waals surface area contributed by atoms with Crippen molar-refractivity contribution in [3.63, 3.8) is 0 Å². The lowest BCUT2D eigenvalue weighted by Crippen LogP contribution is -2.33. The molecule has 0 unspecified atom stereocenters. The van der Waals surface area contributed by atoms with Gasteiger partial charge in [0.15, 0.2) is 0 Å². The van der Waals surface area contributed by atoms with Gasteiger partial charge in [0.05, 0.1) is 12.1 Å². The number of aliphatic hydroxyl groups excluding tert-OH is 1. The van der Waals surface area contributed by atoms with Crippen LogP contribution in [0.3, 0.4) is 0 Å². The molecule has 2 N–H and O–H groups in total. The van der Waals surface area contributed by atoms with Gasteiger partial charge in [-0.2, -0.15) is 0 Å². The Morgan fingerprint density at radius 3 is 2.54 bits per heavy atom. The largest absolute Gasteiger partial charge is 0.390 e. The molecular weight excluding hydrogens is 324 g/mol.